The zero-order chi connectivity index (χ0) is 15.3. The summed E-state index contributed by atoms with van der Waals surface area (Å²) in [5.74, 6) is 0. The van der Waals surface area contributed by atoms with E-state index < -0.39 is 20.8 Å². The summed E-state index contributed by atoms with van der Waals surface area (Å²) in [4.78, 5) is 0.185. The number of hydrogen-bond donors (Lipinski definition) is 0. The van der Waals surface area contributed by atoms with Crippen LogP contribution in [0.1, 0.15) is 39.7 Å². The second kappa shape index (κ2) is 4.32. The number of rotatable bonds is 1. The molecular formula is C15H21NO3S. The monoisotopic (exact) mass is 295 g/mol. The first-order valence-electron chi connectivity index (χ1n) is 6.65. The number of hydrogen-bond acceptors (Lipinski definition) is 3. The first kappa shape index (κ1) is 15.0. The van der Waals surface area contributed by atoms with Gasteiger partial charge in [-0.1, -0.05) is 17.7 Å². The molecule has 20 heavy (non-hydrogen) atoms. The Labute approximate surface area is 120 Å². The molecule has 0 bridgehead atoms. The number of sulfone groups is 1. The lowest BCUT2D eigenvalue weighted by molar-refractivity contribution is -0.529. The number of aryl methyl sites for hydroxylation is 1. The van der Waals surface area contributed by atoms with Crippen molar-refractivity contribution in [2.75, 3.05) is 0 Å². The maximum absolute atomic E-state index is 12.8. The number of nitrogens with zero attached hydrogens (tertiary/aromatic N) is 1. The molecule has 1 aliphatic heterocycles. The van der Waals surface area contributed by atoms with E-state index in [0.29, 0.717) is 11.2 Å². The molecule has 0 saturated carbocycles. The quantitative estimate of drug-likeness (QED) is 0.591. The van der Waals surface area contributed by atoms with Crippen molar-refractivity contribution in [3.63, 3.8) is 0 Å². The predicted octanol–water partition coefficient (Wildman–Crippen LogP) is 2.89. The van der Waals surface area contributed by atoms with Crippen molar-refractivity contribution < 1.29 is 13.2 Å². The Balaban J connectivity index is 2.65. The highest BCUT2D eigenvalue weighted by Gasteiger charge is 2.55. The van der Waals surface area contributed by atoms with Crippen LogP contribution in [0.15, 0.2) is 29.2 Å². The molecule has 110 valence electrons. The van der Waals surface area contributed by atoms with Gasteiger partial charge >= 0.3 is 0 Å². The van der Waals surface area contributed by atoms with Crippen LogP contribution in [0.5, 0.6) is 0 Å². The largest absolute Gasteiger partial charge is 0.623 e. The minimum absolute atomic E-state index is 0.0288. The summed E-state index contributed by atoms with van der Waals surface area (Å²) >= 11 is 0. The standard InChI is InChI=1S/C15H21NO3S/c1-11-6-8-12(9-7-11)20(18,19)13-14(2,3)10-15(4,5)16(13)17/h6-9H,10H2,1-5H3. The van der Waals surface area contributed by atoms with Crippen molar-refractivity contribution in [3.8, 4) is 0 Å². The average molecular weight is 295 g/mol. The zero-order valence-electron chi connectivity index (χ0n) is 12.6. The maximum atomic E-state index is 12.8. The molecule has 0 atom stereocenters. The van der Waals surface area contributed by atoms with Gasteiger partial charge in [-0.3, -0.25) is 0 Å². The van der Waals surface area contributed by atoms with Crippen LogP contribution >= 0.6 is 0 Å². The lowest BCUT2D eigenvalue weighted by Crippen LogP contribution is -2.33. The third-order valence-electron chi connectivity index (χ3n) is 3.77. The molecule has 2 rings (SSSR count). The summed E-state index contributed by atoms with van der Waals surface area (Å²) in [5.41, 5.74) is -0.370. The molecule has 0 radical (unpaired) electrons. The molecule has 4 nitrogen and oxygen atoms in total. The van der Waals surface area contributed by atoms with Gasteiger partial charge in [-0.2, -0.15) is 4.74 Å². The normalized spacial score (nSPS) is 21.2. The fraction of sp³-hybridized carbons (Fsp3) is 0.533. The van der Waals surface area contributed by atoms with Crippen LogP contribution in [-0.2, 0) is 9.84 Å². The van der Waals surface area contributed by atoms with Crippen LogP contribution in [0.25, 0.3) is 0 Å². The van der Waals surface area contributed by atoms with Gasteiger partial charge < -0.3 is 5.21 Å². The van der Waals surface area contributed by atoms with Gasteiger partial charge in [-0.25, -0.2) is 8.42 Å². The lowest BCUT2D eigenvalue weighted by Gasteiger charge is -2.18. The Morgan fingerprint density at radius 3 is 2.00 bits per heavy atom. The number of benzene rings is 1. The smallest absolute Gasteiger partial charge is 0.290 e. The van der Waals surface area contributed by atoms with E-state index in [-0.39, 0.29) is 9.94 Å². The Kier molecular flexibility index (Phi) is 3.25. The Bertz CT molecular complexity index is 668. The van der Waals surface area contributed by atoms with Crippen LogP contribution < -0.4 is 0 Å². The van der Waals surface area contributed by atoms with Crippen molar-refractivity contribution in [2.45, 2.75) is 51.5 Å². The Morgan fingerprint density at radius 2 is 1.60 bits per heavy atom. The molecule has 1 heterocycles. The van der Waals surface area contributed by atoms with E-state index in [2.05, 4.69) is 0 Å². The molecule has 0 N–H and O–H groups in total. The zero-order valence-corrected chi connectivity index (χ0v) is 13.4. The molecule has 1 aromatic carbocycles. The Hall–Kier alpha value is -1.36. The summed E-state index contributed by atoms with van der Waals surface area (Å²) in [5, 5.41) is 12.4. The highest BCUT2D eigenvalue weighted by molar-refractivity contribution is 8.06. The first-order chi connectivity index (χ1) is 8.98. The fourth-order valence-electron chi connectivity index (χ4n) is 3.08. The van der Waals surface area contributed by atoms with Gasteiger partial charge in [-0.05, 0) is 32.9 Å². The second-order valence-corrected chi connectivity index (χ2v) is 8.65. The van der Waals surface area contributed by atoms with Crippen molar-refractivity contribution in [2.24, 2.45) is 5.41 Å². The molecule has 1 aromatic rings. The van der Waals surface area contributed by atoms with Crippen LogP contribution in [0.2, 0.25) is 0 Å². The van der Waals surface area contributed by atoms with E-state index in [4.69, 9.17) is 0 Å². The Morgan fingerprint density at radius 1 is 1.10 bits per heavy atom. The molecule has 0 aliphatic carbocycles. The van der Waals surface area contributed by atoms with Crippen molar-refractivity contribution in [3.05, 3.63) is 35.0 Å². The molecule has 0 amide bonds. The van der Waals surface area contributed by atoms with Gasteiger partial charge in [0.15, 0.2) is 5.54 Å². The first-order valence-corrected chi connectivity index (χ1v) is 8.13. The van der Waals surface area contributed by atoms with E-state index in [1.54, 1.807) is 38.1 Å². The minimum Gasteiger partial charge on any atom is -0.623 e. The van der Waals surface area contributed by atoms with Gasteiger partial charge in [0.1, 0.15) is 0 Å². The van der Waals surface area contributed by atoms with Crippen LogP contribution in [-0.4, -0.2) is 23.7 Å². The van der Waals surface area contributed by atoms with Gasteiger partial charge in [0, 0.05) is 20.3 Å². The third kappa shape index (κ3) is 2.24. The van der Waals surface area contributed by atoms with E-state index in [1.165, 1.54) is 0 Å². The highest BCUT2D eigenvalue weighted by atomic mass is 32.2. The summed E-state index contributed by atoms with van der Waals surface area (Å²) in [7, 11) is -3.75. The molecule has 5 heteroatoms. The van der Waals surface area contributed by atoms with E-state index in [0.717, 1.165) is 5.56 Å². The van der Waals surface area contributed by atoms with Crippen molar-refractivity contribution in [1.29, 1.82) is 0 Å². The van der Waals surface area contributed by atoms with Crippen LogP contribution in [0.3, 0.4) is 0 Å². The van der Waals surface area contributed by atoms with Crippen molar-refractivity contribution >= 4 is 14.9 Å². The summed E-state index contributed by atoms with van der Waals surface area (Å²) in [6.07, 6.45) is 0.518. The van der Waals surface area contributed by atoms with Crippen molar-refractivity contribution in [1.82, 2.24) is 0 Å². The van der Waals surface area contributed by atoms with E-state index in [9.17, 15) is 13.6 Å². The lowest BCUT2D eigenvalue weighted by atomic mass is 9.85. The predicted molar refractivity (Wildman–Crippen MR) is 79.5 cm³/mol. The molecule has 0 fully saturated rings. The summed E-state index contributed by atoms with van der Waals surface area (Å²) < 4.78 is 26.2. The highest BCUT2D eigenvalue weighted by Crippen LogP contribution is 2.41. The molecule has 0 aromatic heterocycles. The van der Waals surface area contributed by atoms with Crippen LogP contribution in [0, 0.1) is 17.5 Å². The average Bonchev–Trinajstić information content (AvgIpc) is 2.43. The third-order valence-corrected chi connectivity index (χ3v) is 5.89. The molecule has 0 saturated heterocycles. The minimum atomic E-state index is -3.75. The van der Waals surface area contributed by atoms with Gasteiger partial charge in [0.25, 0.3) is 14.9 Å². The second-order valence-electron chi connectivity index (χ2n) is 6.79. The van der Waals surface area contributed by atoms with Crippen LogP contribution in [0.4, 0.5) is 0 Å². The molecule has 0 unspecified atom stereocenters. The van der Waals surface area contributed by atoms with E-state index in [1.807, 2.05) is 20.8 Å². The summed E-state index contributed by atoms with van der Waals surface area (Å²) in [6.45, 7) is 9.08. The van der Waals surface area contributed by atoms with Gasteiger partial charge in [-0.15, -0.1) is 0 Å². The van der Waals surface area contributed by atoms with Gasteiger partial charge in [0.05, 0.1) is 10.3 Å². The SMILES string of the molecule is Cc1ccc(S(=O)(=O)C2=[N+]([O-])C(C)(C)CC2(C)C)cc1. The fourth-order valence-corrected chi connectivity index (χ4v) is 5.06. The topological polar surface area (TPSA) is 60.2 Å². The molecular weight excluding hydrogens is 274 g/mol. The van der Waals surface area contributed by atoms with Gasteiger partial charge in [0.2, 0.25) is 0 Å². The molecule has 1 aliphatic rings. The summed E-state index contributed by atoms with van der Waals surface area (Å²) in [6, 6.07) is 6.62. The maximum Gasteiger partial charge on any atom is 0.290 e. The number of hydroxylamine groups is 1. The van der Waals surface area contributed by atoms with E-state index >= 15 is 0 Å². The molecule has 0 spiro atoms.